The standard InChI is InChI=1S/C21H29N7O4S/c1-15-14-31-11-9-26(15)18-12-19(25(2)33(3,29)30)28-21(24-18)16(13-23-28)17-7-8-22-27(17)20-6-4-5-10-32-20/h7-8,12-13,15,20H,4-6,9-11,14H2,1-3H3/t15-,20?/m1/s1. The molecule has 3 aromatic rings. The molecule has 2 fully saturated rings. The summed E-state index contributed by atoms with van der Waals surface area (Å²) in [6.45, 7) is 4.62. The fraction of sp³-hybridized carbons (Fsp3) is 0.571. The Morgan fingerprint density at radius 2 is 2.06 bits per heavy atom. The van der Waals surface area contributed by atoms with Crippen LogP contribution >= 0.6 is 0 Å². The number of sulfonamides is 1. The van der Waals surface area contributed by atoms with Crippen molar-refractivity contribution in [3.05, 3.63) is 24.5 Å². The van der Waals surface area contributed by atoms with Crippen LogP contribution in [0.1, 0.15) is 32.4 Å². The van der Waals surface area contributed by atoms with E-state index in [0.29, 0.717) is 43.6 Å². The van der Waals surface area contributed by atoms with Gasteiger partial charge in [-0.3, -0.25) is 4.31 Å². The van der Waals surface area contributed by atoms with E-state index in [9.17, 15) is 8.42 Å². The molecule has 0 saturated carbocycles. The van der Waals surface area contributed by atoms with E-state index in [1.54, 1.807) is 23.0 Å². The fourth-order valence-corrected chi connectivity index (χ4v) is 4.87. The van der Waals surface area contributed by atoms with E-state index in [-0.39, 0.29) is 12.3 Å². The van der Waals surface area contributed by atoms with Crippen molar-refractivity contribution in [1.82, 2.24) is 24.4 Å². The maximum Gasteiger partial charge on any atom is 0.233 e. The molecule has 33 heavy (non-hydrogen) atoms. The van der Waals surface area contributed by atoms with Crippen molar-refractivity contribution in [1.29, 1.82) is 0 Å². The fourth-order valence-electron chi connectivity index (χ4n) is 4.40. The first-order chi connectivity index (χ1) is 15.8. The molecule has 1 unspecified atom stereocenters. The number of nitrogens with zero attached hydrogens (tertiary/aromatic N) is 7. The van der Waals surface area contributed by atoms with Gasteiger partial charge in [-0.05, 0) is 32.3 Å². The van der Waals surface area contributed by atoms with Crippen LogP contribution in [0.4, 0.5) is 11.6 Å². The number of morpholine rings is 1. The summed E-state index contributed by atoms with van der Waals surface area (Å²) in [6, 6.07) is 3.80. The van der Waals surface area contributed by atoms with Crippen LogP contribution in [0.15, 0.2) is 24.5 Å². The predicted molar refractivity (Wildman–Crippen MR) is 124 cm³/mol. The van der Waals surface area contributed by atoms with Gasteiger partial charge in [0.1, 0.15) is 11.6 Å². The van der Waals surface area contributed by atoms with E-state index in [0.717, 1.165) is 30.5 Å². The Hall–Kier alpha value is -2.70. The molecule has 0 bridgehead atoms. The Labute approximate surface area is 192 Å². The highest BCUT2D eigenvalue weighted by Gasteiger charge is 2.27. The summed E-state index contributed by atoms with van der Waals surface area (Å²) in [7, 11) is -1.99. The minimum Gasteiger partial charge on any atom is -0.377 e. The molecule has 0 spiro atoms. The summed E-state index contributed by atoms with van der Waals surface area (Å²) in [5.41, 5.74) is 2.17. The van der Waals surface area contributed by atoms with Crippen molar-refractivity contribution in [3.8, 4) is 11.3 Å². The van der Waals surface area contributed by atoms with Gasteiger partial charge in [0.25, 0.3) is 0 Å². The lowest BCUT2D eigenvalue weighted by molar-refractivity contribution is -0.0383. The Morgan fingerprint density at radius 3 is 2.79 bits per heavy atom. The topological polar surface area (TPSA) is 107 Å². The Morgan fingerprint density at radius 1 is 1.21 bits per heavy atom. The normalized spacial score (nSPS) is 22.1. The maximum absolute atomic E-state index is 12.4. The second-order valence-corrected chi connectivity index (χ2v) is 10.6. The molecule has 0 amide bonds. The number of aromatic nitrogens is 5. The highest BCUT2D eigenvalue weighted by atomic mass is 32.2. The average molecular weight is 476 g/mol. The molecular weight excluding hydrogens is 446 g/mol. The minimum absolute atomic E-state index is 0.109. The van der Waals surface area contributed by atoms with E-state index >= 15 is 0 Å². The zero-order valence-electron chi connectivity index (χ0n) is 19.1. The number of rotatable bonds is 5. The number of hydrogen-bond donors (Lipinski definition) is 0. The largest absolute Gasteiger partial charge is 0.377 e. The quantitative estimate of drug-likeness (QED) is 0.551. The van der Waals surface area contributed by atoms with E-state index < -0.39 is 10.0 Å². The first-order valence-electron chi connectivity index (χ1n) is 11.2. The minimum atomic E-state index is -3.51. The van der Waals surface area contributed by atoms with Gasteiger partial charge in [-0.15, -0.1) is 0 Å². The van der Waals surface area contributed by atoms with Crippen LogP contribution in [0.3, 0.4) is 0 Å². The molecule has 0 N–H and O–H groups in total. The summed E-state index contributed by atoms with van der Waals surface area (Å²) < 4.78 is 41.1. The van der Waals surface area contributed by atoms with Gasteiger partial charge in [0, 0.05) is 32.5 Å². The van der Waals surface area contributed by atoms with Crippen molar-refractivity contribution in [2.75, 3.05) is 48.9 Å². The van der Waals surface area contributed by atoms with Gasteiger partial charge in [0.05, 0.1) is 43.0 Å². The lowest BCUT2D eigenvalue weighted by Crippen LogP contribution is -2.44. The van der Waals surface area contributed by atoms with Gasteiger partial charge in [0.15, 0.2) is 11.9 Å². The van der Waals surface area contributed by atoms with Crippen LogP contribution < -0.4 is 9.21 Å². The van der Waals surface area contributed by atoms with Gasteiger partial charge >= 0.3 is 0 Å². The summed E-state index contributed by atoms with van der Waals surface area (Å²) in [5, 5.41) is 9.04. The third kappa shape index (κ3) is 4.06. The lowest BCUT2D eigenvalue weighted by atomic mass is 10.1. The molecule has 2 aliphatic heterocycles. The maximum atomic E-state index is 12.4. The lowest BCUT2D eigenvalue weighted by Gasteiger charge is -2.34. The molecule has 5 rings (SSSR count). The number of anilines is 2. The van der Waals surface area contributed by atoms with Crippen LogP contribution in [-0.2, 0) is 19.5 Å². The Bertz CT molecular complexity index is 1250. The van der Waals surface area contributed by atoms with Crippen molar-refractivity contribution in [2.24, 2.45) is 0 Å². The first kappa shape index (κ1) is 22.1. The molecule has 2 aliphatic rings. The van der Waals surface area contributed by atoms with Crippen molar-refractivity contribution in [3.63, 3.8) is 0 Å². The monoisotopic (exact) mass is 475 g/mol. The molecule has 12 heteroatoms. The number of fused-ring (bicyclic) bond motifs is 1. The Balaban J connectivity index is 1.68. The molecule has 2 saturated heterocycles. The molecule has 11 nitrogen and oxygen atoms in total. The van der Waals surface area contributed by atoms with E-state index in [1.165, 1.54) is 17.6 Å². The molecule has 5 heterocycles. The van der Waals surface area contributed by atoms with E-state index in [1.807, 2.05) is 10.7 Å². The van der Waals surface area contributed by atoms with Crippen LogP contribution in [0, 0.1) is 0 Å². The van der Waals surface area contributed by atoms with Crippen LogP contribution in [-0.4, -0.2) is 78.5 Å². The van der Waals surface area contributed by atoms with Gasteiger partial charge in [-0.1, -0.05) is 0 Å². The Kier molecular flexibility index (Phi) is 5.75. The molecule has 2 atom stereocenters. The van der Waals surface area contributed by atoms with Gasteiger partial charge in [-0.25, -0.2) is 18.1 Å². The van der Waals surface area contributed by atoms with Crippen LogP contribution in [0.2, 0.25) is 0 Å². The zero-order valence-corrected chi connectivity index (χ0v) is 19.9. The highest BCUT2D eigenvalue weighted by Crippen LogP contribution is 2.33. The van der Waals surface area contributed by atoms with E-state index in [4.69, 9.17) is 14.5 Å². The van der Waals surface area contributed by atoms with Crippen molar-refractivity contribution < 1.29 is 17.9 Å². The summed E-state index contributed by atoms with van der Waals surface area (Å²) in [4.78, 5) is 7.08. The second-order valence-electron chi connectivity index (χ2n) is 8.60. The molecule has 3 aromatic heterocycles. The van der Waals surface area contributed by atoms with Crippen LogP contribution in [0.5, 0.6) is 0 Å². The zero-order chi connectivity index (χ0) is 23.2. The van der Waals surface area contributed by atoms with Crippen molar-refractivity contribution in [2.45, 2.75) is 38.5 Å². The predicted octanol–water partition coefficient (Wildman–Crippen LogP) is 1.91. The third-order valence-corrected chi connectivity index (χ3v) is 7.48. The van der Waals surface area contributed by atoms with Crippen LogP contribution in [0.25, 0.3) is 16.9 Å². The third-order valence-electron chi connectivity index (χ3n) is 6.30. The molecule has 0 radical (unpaired) electrons. The van der Waals surface area contributed by atoms with Gasteiger partial charge in [-0.2, -0.15) is 14.7 Å². The molecule has 0 aliphatic carbocycles. The van der Waals surface area contributed by atoms with E-state index in [2.05, 4.69) is 22.0 Å². The number of hydrogen-bond acceptors (Lipinski definition) is 8. The summed E-state index contributed by atoms with van der Waals surface area (Å²) >= 11 is 0. The molecule has 0 aromatic carbocycles. The highest BCUT2D eigenvalue weighted by molar-refractivity contribution is 7.92. The summed E-state index contributed by atoms with van der Waals surface area (Å²) in [5.74, 6) is 1.10. The van der Waals surface area contributed by atoms with Crippen molar-refractivity contribution >= 4 is 27.3 Å². The molecule has 178 valence electrons. The summed E-state index contributed by atoms with van der Waals surface area (Å²) in [6.07, 6.45) is 7.52. The second kappa shape index (κ2) is 8.58. The number of ether oxygens (including phenoxy) is 2. The van der Waals surface area contributed by atoms with Gasteiger partial charge in [0.2, 0.25) is 10.0 Å². The first-order valence-corrected chi connectivity index (χ1v) is 13.0. The average Bonchev–Trinajstić information content (AvgIpc) is 3.45. The SMILES string of the molecule is C[C@@H]1COCCN1c1cc(N(C)S(C)(=O)=O)n2ncc(-c3ccnn3C3CCCCO3)c2n1. The van der Waals surface area contributed by atoms with Gasteiger partial charge < -0.3 is 14.4 Å². The smallest absolute Gasteiger partial charge is 0.233 e. The molecular formula is C21H29N7O4S.